The summed E-state index contributed by atoms with van der Waals surface area (Å²) in [4.78, 5) is 10.4. The lowest BCUT2D eigenvalue weighted by Crippen LogP contribution is -2.30. The minimum atomic E-state index is -3.68. The molecule has 0 saturated carbocycles. The van der Waals surface area contributed by atoms with Crippen LogP contribution in [0.4, 0.5) is 4.39 Å². The molecule has 5 nitrogen and oxygen atoms in total. The number of sulfonamides is 1. The third-order valence-corrected chi connectivity index (χ3v) is 4.59. The van der Waals surface area contributed by atoms with Crippen molar-refractivity contribution >= 4 is 27.6 Å². The molecule has 1 rings (SSSR count). The van der Waals surface area contributed by atoms with Gasteiger partial charge in [-0.1, -0.05) is 17.7 Å². The molecule has 19 heavy (non-hydrogen) atoms. The molecule has 1 aromatic carbocycles. The Balaban J connectivity index is 2.78. The molecule has 0 atom stereocenters. The van der Waals surface area contributed by atoms with E-state index in [1.807, 2.05) is 0 Å². The Labute approximate surface area is 115 Å². The maximum Gasteiger partial charge on any atom is 0.304 e. The van der Waals surface area contributed by atoms with Gasteiger partial charge >= 0.3 is 5.97 Å². The highest BCUT2D eigenvalue weighted by molar-refractivity contribution is 7.88. The van der Waals surface area contributed by atoms with Crippen molar-refractivity contribution in [3.63, 3.8) is 0 Å². The van der Waals surface area contributed by atoms with E-state index in [1.54, 1.807) is 0 Å². The summed E-state index contributed by atoms with van der Waals surface area (Å²) in [6.45, 7) is -0.131. The van der Waals surface area contributed by atoms with Gasteiger partial charge in [-0.2, -0.15) is 0 Å². The number of benzene rings is 1. The highest BCUT2D eigenvalue weighted by Crippen LogP contribution is 2.18. The number of carboxylic acid groups (broad SMARTS) is 1. The SMILES string of the molecule is CN(CCC(=O)O)S(=O)(=O)Cc1ccc(Cl)c(F)c1. The Morgan fingerprint density at radius 3 is 2.63 bits per heavy atom. The van der Waals surface area contributed by atoms with Gasteiger partial charge < -0.3 is 5.11 Å². The van der Waals surface area contributed by atoms with Crippen molar-refractivity contribution in [2.45, 2.75) is 12.2 Å². The summed E-state index contributed by atoms with van der Waals surface area (Å²) in [7, 11) is -2.40. The van der Waals surface area contributed by atoms with Gasteiger partial charge in [-0.05, 0) is 17.7 Å². The first-order valence-electron chi connectivity index (χ1n) is 5.32. The quantitative estimate of drug-likeness (QED) is 0.868. The van der Waals surface area contributed by atoms with Crippen LogP contribution in [0.1, 0.15) is 12.0 Å². The molecule has 0 radical (unpaired) electrons. The van der Waals surface area contributed by atoms with Crippen molar-refractivity contribution in [1.82, 2.24) is 4.31 Å². The number of halogens is 2. The van der Waals surface area contributed by atoms with E-state index in [4.69, 9.17) is 16.7 Å². The molecule has 0 aliphatic carbocycles. The lowest BCUT2D eigenvalue weighted by Gasteiger charge is -2.16. The van der Waals surface area contributed by atoms with Gasteiger partial charge in [0.25, 0.3) is 0 Å². The van der Waals surface area contributed by atoms with Gasteiger partial charge in [-0.15, -0.1) is 0 Å². The summed E-state index contributed by atoms with van der Waals surface area (Å²) in [5.41, 5.74) is 0.254. The zero-order chi connectivity index (χ0) is 14.6. The van der Waals surface area contributed by atoms with Crippen LogP contribution < -0.4 is 0 Å². The number of rotatable bonds is 6. The average molecular weight is 310 g/mol. The first-order valence-corrected chi connectivity index (χ1v) is 7.31. The zero-order valence-electron chi connectivity index (χ0n) is 10.1. The summed E-state index contributed by atoms with van der Waals surface area (Å²) in [5.74, 6) is -2.18. The highest BCUT2D eigenvalue weighted by atomic mass is 35.5. The second-order valence-electron chi connectivity index (χ2n) is 3.97. The fourth-order valence-corrected chi connectivity index (χ4v) is 2.65. The molecular weight excluding hydrogens is 297 g/mol. The van der Waals surface area contributed by atoms with Crippen molar-refractivity contribution in [1.29, 1.82) is 0 Å². The Kier molecular flexibility index (Phi) is 5.28. The topological polar surface area (TPSA) is 74.7 Å². The van der Waals surface area contributed by atoms with E-state index in [0.29, 0.717) is 0 Å². The molecule has 0 spiro atoms. The van der Waals surface area contributed by atoms with Crippen molar-refractivity contribution in [2.75, 3.05) is 13.6 Å². The van der Waals surface area contributed by atoms with Crippen molar-refractivity contribution in [2.24, 2.45) is 0 Å². The van der Waals surface area contributed by atoms with Crippen LogP contribution >= 0.6 is 11.6 Å². The summed E-state index contributed by atoms with van der Waals surface area (Å²) in [6, 6.07) is 3.73. The molecule has 1 N–H and O–H groups in total. The molecule has 1 aromatic rings. The van der Waals surface area contributed by atoms with Gasteiger partial charge in [0, 0.05) is 13.6 Å². The summed E-state index contributed by atoms with van der Waals surface area (Å²) >= 11 is 5.50. The highest BCUT2D eigenvalue weighted by Gasteiger charge is 2.19. The molecule has 8 heteroatoms. The summed E-state index contributed by atoms with van der Waals surface area (Å²) in [6.07, 6.45) is -0.287. The average Bonchev–Trinajstić information content (AvgIpc) is 2.30. The van der Waals surface area contributed by atoms with Crippen LogP contribution in [0.5, 0.6) is 0 Å². The first kappa shape index (κ1) is 15.9. The monoisotopic (exact) mass is 309 g/mol. The minimum Gasteiger partial charge on any atom is -0.481 e. The van der Waals surface area contributed by atoms with Gasteiger partial charge in [-0.25, -0.2) is 17.1 Å². The van der Waals surface area contributed by atoms with Crippen molar-refractivity contribution in [3.8, 4) is 0 Å². The summed E-state index contributed by atoms with van der Waals surface area (Å²) < 4.78 is 37.9. The smallest absolute Gasteiger partial charge is 0.304 e. The second-order valence-corrected chi connectivity index (χ2v) is 6.45. The zero-order valence-corrected chi connectivity index (χ0v) is 11.7. The lowest BCUT2D eigenvalue weighted by atomic mass is 10.2. The third kappa shape index (κ3) is 4.77. The molecular formula is C11H13ClFNO4S. The van der Waals surface area contributed by atoms with Crippen LogP contribution in [-0.4, -0.2) is 37.4 Å². The fourth-order valence-electron chi connectivity index (χ4n) is 1.34. The molecule has 0 unspecified atom stereocenters. The van der Waals surface area contributed by atoms with Crippen molar-refractivity contribution < 1.29 is 22.7 Å². The number of hydrogen-bond acceptors (Lipinski definition) is 3. The van der Waals surface area contributed by atoms with Gasteiger partial charge in [0.2, 0.25) is 10.0 Å². The molecule has 0 aliphatic rings. The van der Waals surface area contributed by atoms with E-state index < -0.39 is 27.6 Å². The third-order valence-electron chi connectivity index (χ3n) is 2.45. The van der Waals surface area contributed by atoms with Crippen LogP contribution in [-0.2, 0) is 20.6 Å². The molecule has 106 valence electrons. The molecule has 0 amide bonds. The predicted octanol–water partition coefficient (Wildman–Crippen LogP) is 1.72. The van der Waals surface area contributed by atoms with Crippen molar-refractivity contribution in [3.05, 3.63) is 34.6 Å². The van der Waals surface area contributed by atoms with Crippen LogP contribution in [0, 0.1) is 5.82 Å². The predicted molar refractivity (Wildman–Crippen MR) is 68.9 cm³/mol. The maximum absolute atomic E-state index is 13.2. The molecule has 0 aliphatic heterocycles. The maximum atomic E-state index is 13.2. The molecule has 0 saturated heterocycles. The number of hydrogen-bond donors (Lipinski definition) is 1. The van der Waals surface area contributed by atoms with E-state index in [-0.39, 0.29) is 23.6 Å². The standard InChI is InChI=1S/C11H13ClFNO4S/c1-14(5-4-11(15)16)19(17,18)7-8-2-3-9(12)10(13)6-8/h2-3,6H,4-5,7H2,1H3,(H,15,16). The molecule has 0 aromatic heterocycles. The largest absolute Gasteiger partial charge is 0.481 e. The number of carboxylic acids is 1. The van der Waals surface area contributed by atoms with Gasteiger partial charge in [0.05, 0.1) is 17.2 Å². The normalized spacial score (nSPS) is 11.8. The lowest BCUT2D eigenvalue weighted by molar-refractivity contribution is -0.137. The van der Waals surface area contributed by atoms with Crippen LogP contribution in [0.3, 0.4) is 0 Å². The van der Waals surface area contributed by atoms with Gasteiger partial charge in [0.15, 0.2) is 0 Å². The Morgan fingerprint density at radius 2 is 2.11 bits per heavy atom. The van der Waals surface area contributed by atoms with E-state index in [2.05, 4.69) is 0 Å². The number of aliphatic carboxylic acids is 1. The van der Waals surface area contributed by atoms with Crippen LogP contribution in [0.2, 0.25) is 5.02 Å². The Morgan fingerprint density at radius 1 is 1.47 bits per heavy atom. The Bertz CT molecular complexity index is 576. The van der Waals surface area contributed by atoms with E-state index in [9.17, 15) is 17.6 Å². The molecule has 0 fully saturated rings. The summed E-state index contributed by atoms with van der Waals surface area (Å²) in [5, 5.41) is 8.42. The second kappa shape index (κ2) is 6.31. The first-order chi connectivity index (χ1) is 8.72. The number of carbonyl (C=O) groups is 1. The minimum absolute atomic E-state index is 0.0830. The van der Waals surface area contributed by atoms with E-state index in [0.717, 1.165) is 10.4 Å². The van der Waals surface area contributed by atoms with E-state index in [1.165, 1.54) is 19.2 Å². The molecule has 0 bridgehead atoms. The fraction of sp³-hybridized carbons (Fsp3) is 0.364. The van der Waals surface area contributed by atoms with Crippen LogP contribution in [0.15, 0.2) is 18.2 Å². The van der Waals surface area contributed by atoms with Crippen LogP contribution in [0.25, 0.3) is 0 Å². The van der Waals surface area contributed by atoms with Gasteiger partial charge in [-0.3, -0.25) is 4.79 Å². The van der Waals surface area contributed by atoms with E-state index >= 15 is 0 Å². The van der Waals surface area contributed by atoms with Gasteiger partial charge in [0.1, 0.15) is 5.82 Å². The number of nitrogens with zero attached hydrogens (tertiary/aromatic N) is 1. The Hall–Kier alpha value is -1.18. The molecule has 0 heterocycles.